The maximum absolute atomic E-state index is 3.62. The predicted molar refractivity (Wildman–Crippen MR) is 179 cm³/mol. The summed E-state index contributed by atoms with van der Waals surface area (Å²) in [4.78, 5) is 0. The van der Waals surface area contributed by atoms with E-state index < -0.39 is 25.8 Å². The Kier molecular flexibility index (Phi) is 8.53. The Hall–Kier alpha value is -1.58. The molecule has 2 aliphatic rings. The van der Waals surface area contributed by atoms with Gasteiger partial charge in [-0.2, -0.15) is 0 Å². The zero-order chi connectivity index (χ0) is 28.0. The molecular weight excluding hydrogens is 712 g/mol. The zero-order valence-electron chi connectivity index (χ0n) is 23.6. The first-order valence-corrected chi connectivity index (χ1v) is 24.9. The molecule has 2 unspecified atom stereocenters. The molecule has 0 saturated heterocycles. The van der Waals surface area contributed by atoms with E-state index in [1.54, 1.807) is 22.3 Å². The van der Waals surface area contributed by atoms with E-state index in [4.69, 9.17) is 0 Å². The van der Waals surface area contributed by atoms with Crippen LogP contribution in [0.3, 0.4) is 0 Å². The van der Waals surface area contributed by atoms with Crippen LogP contribution in [0.5, 0.6) is 0 Å². The van der Waals surface area contributed by atoms with Gasteiger partial charge in [0.1, 0.15) is 0 Å². The SMILES string of the molecule is CCC1=Cc2c(-c3ccc(Br)cc3)cccc2[CH]1[Zr]([CH]1C(CC)=Cc2c(-c3ccc(Br)cc3)cccc21)=[Si](C)C. The van der Waals surface area contributed by atoms with Crippen molar-refractivity contribution in [3.05, 3.63) is 127 Å². The molecule has 0 amide bonds. The van der Waals surface area contributed by atoms with E-state index in [0.29, 0.717) is 7.25 Å². The summed E-state index contributed by atoms with van der Waals surface area (Å²) in [6.45, 7) is 10.0. The van der Waals surface area contributed by atoms with Gasteiger partial charge >= 0.3 is 266 Å². The van der Waals surface area contributed by atoms with Crippen LogP contribution >= 0.6 is 31.9 Å². The molecule has 0 radical (unpaired) electrons. The van der Waals surface area contributed by atoms with Gasteiger partial charge in [-0.1, -0.05) is 0 Å². The summed E-state index contributed by atoms with van der Waals surface area (Å²) in [5.74, 6) is 0. The maximum atomic E-state index is 3.62. The van der Waals surface area contributed by atoms with Crippen molar-refractivity contribution >= 4 is 49.4 Å². The molecule has 4 aromatic carbocycles. The van der Waals surface area contributed by atoms with Gasteiger partial charge < -0.3 is 0 Å². The quantitative estimate of drug-likeness (QED) is 0.172. The Morgan fingerprint density at radius 1 is 0.600 bits per heavy atom. The molecular formula is C36H34Br2SiZr. The molecule has 2 atom stereocenters. The van der Waals surface area contributed by atoms with Gasteiger partial charge in [0.2, 0.25) is 0 Å². The summed E-state index contributed by atoms with van der Waals surface area (Å²) in [7, 11) is 0. The van der Waals surface area contributed by atoms with Crippen molar-refractivity contribution < 1.29 is 20.4 Å². The van der Waals surface area contributed by atoms with Gasteiger partial charge in [0.05, 0.1) is 0 Å². The van der Waals surface area contributed by atoms with Crippen molar-refractivity contribution in [2.24, 2.45) is 0 Å². The van der Waals surface area contributed by atoms with Crippen molar-refractivity contribution in [3.8, 4) is 22.3 Å². The summed E-state index contributed by atoms with van der Waals surface area (Å²) < 4.78 is 3.58. The molecule has 0 spiro atoms. The molecule has 200 valence electrons. The minimum atomic E-state index is -2.13. The van der Waals surface area contributed by atoms with E-state index in [1.165, 1.54) is 33.4 Å². The normalized spacial score (nSPS) is 17.2. The van der Waals surface area contributed by atoms with Gasteiger partial charge in [0.25, 0.3) is 0 Å². The molecule has 0 aliphatic heterocycles. The molecule has 0 nitrogen and oxygen atoms in total. The second-order valence-electron chi connectivity index (χ2n) is 11.1. The van der Waals surface area contributed by atoms with Gasteiger partial charge in [-0.3, -0.25) is 0 Å². The third-order valence-corrected chi connectivity index (χ3v) is 29.2. The number of fused-ring (bicyclic) bond motifs is 2. The fourth-order valence-electron chi connectivity index (χ4n) is 6.78. The standard InChI is InChI=1S/2C17H14Br.C2H6Si.Zr/c2*1-2-12-10-14-4-3-5-16(17(14)11-12)13-6-8-15(18)9-7-13;1-3-2;/h2*3-11H,2H2,1H3;1-2H3;. The fraction of sp³-hybridized carbons (Fsp3) is 0.222. The Morgan fingerprint density at radius 3 is 1.35 bits per heavy atom. The van der Waals surface area contributed by atoms with E-state index in [9.17, 15) is 0 Å². The van der Waals surface area contributed by atoms with Crippen molar-refractivity contribution in [2.75, 3.05) is 0 Å². The molecule has 40 heavy (non-hydrogen) atoms. The second-order valence-corrected chi connectivity index (χ2v) is 30.8. The molecule has 0 saturated carbocycles. The number of benzene rings is 4. The van der Waals surface area contributed by atoms with Gasteiger partial charge in [0, 0.05) is 0 Å². The molecule has 0 bridgehead atoms. The van der Waals surface area contributed by atoms with Crippen LogP contribution < -0.4 is 0 Å². The first-order chi connectivity index (χ1) is 19.4. The second kappa shape index (κ2) is 12.0. The number of hydrogen-bond donors (Lipinski definition) is 0. The molecule has 0 aromatic heterocycles. The third-order valence-electron chi connectivity index (χ3n) is 8.63. The topological polar surface area (TPSA) is 0 Å². The van der Waals surface area contributed by atoms with Crippen LogP contribution in [-0.4, -0.2) is 5.43 Å². The van der Waals surface area contributed by atoms with Gasteiger partial charge in [-0.05, 0) is 0 Å². The molecule has 0 fully saturated rings. The zero-order valence-corrected chi connectivity index (χ0v) is 30.2. The molecule has 4 heteroatoms. The van der Waals surface area contributed by atoms with Crippen LogP contribution in [-0.2, 0) is 20.4 Å². The average Bonchev–Trinajstić information content (AvgIpc) is 3.53. The average molecular weight is 746 g/mol. The minimum absolute atomic E-state index is 0.469. The van der Waals surface area contributed by atoms with Crippen molar-refractivity contribution in [3.63, 3.8) is 0 Å². The van der Waals surface area contributed by atoms with Gasteiger partial charge in [-0.15, -0.1) is 0 Å². The van der Waals surface area contributed by atoms with Crippen molar-refractivity contribution in [2.45, 2.75) is 47.0 Å². The third kappa shape index (κ3) is 5.13. The van der Waals surface area contributed by atoms with Crippen LogP contribution in [0.15, 0.2) is 105 Å². The molecule has 0 heterocycles. The summed E-state index contributed by atoms with van der Waals surface area (Å²) in [5.41, 5.74) is 14.5. The predicted octanol–water partition coefficient (Wildman–Crippen LogP) is 11.8. The van der Waals surface area contributed by atoms with Crippen molar-refractivity contribution in [1.29, 1.82) is 0 Å². The van der Waals surface area contributed by atoms with Gasteiger partial charge in [0.15, 0.2) is 0 Å². The van der Waals surface area contributed by atoms with E-state index in [1.807, 2.05) is 0 Å². The van der Waals surface area contributed by atoms with Crippen LogP contribution in [0.2, 0.25) is 13.1 Å². The van der Waals surface area contributed by atoms with E-state index in [2.05, 4.69) is 156 Å². The number of allylic oxidation sites excluding steroid dienone is 2. The Balaban J connectivity index is 1.51. The molecule has 4 aromatic rings. The van der Waals surface area contributed by atoms with Crippen LogP contribution in [0, 0.1) is 0 Å². The van der Waals surface area contributed by atoms with Crippen LogP contribution in [0.1, 0.15) is 56.2 Å². The first-order valence-electron chi connectivity index (χ1n) is 14.3. The van der Waals surface area contributed by atoms with Crippen molar-refractivity contribution in [1.82, 2.24) is 0 Å². The summed E-state index contributed by atoms with van der Waals surface area (Å²) in [6, 6.07) is 31.9. The monoisotopic (exact) mass is 742 g/mol. The summed E-state index contributed by atoms with van der Waals surface area (Å²) >= 11 is 5.12. The van der Waals surface area contributed by atoms with E-state index in [0.717, 1.165) is 21.8 Å². The van der Waals surface area contributed by atoms with Gasteiger partial charge in [-0.25, -0.2) is 0 Å². The van der Waals surface area contributed by atoms with Crippen LogP contribution in [0.25, 0.3) is 34.4 Å². The number of rotatable bonds is 6. The number of hydrogen-bond acceptors (Lipinski definition) is 0. The summed E-state index contributed by atoms with van der Waals surface area (Å²) in [5, 5.41) is 0. The molecule has 6 rings (SSSR count). The summed E-state index contributed by atoms with van der Waals surface area (Å²) in [6.07, 6.45) is 7.46. The van der Waals surface area contributed by atoms with Crippen LogP contribution in [0.4, 0.5) is 0 Å². The number of halogens is 2. The molecule has 2 aliphatic carbocycles. The Labute approximate surface area is 264 Å². The Bertz CT molecular complexity index is 1570. The Morgan fingerprint density at radius 2 is 1.00 bits per heavy atom. The first kappa shape index (κ1) is 28.5. The van der Waals surface area contributed by atoms with E-state index >= 15 is 0 Å². The molecule has 0 N–H and O–H groups in total. The fourth-order valence-corrected chi connectivity index (χ4v) is 28.1. The van der Waals surface area contributed by atoms with E-state index in [-0.39, 0.29) is 0 Å².